The second-order valence-corrected chi connectivity index (χ2v) is 5.06. The van der Waals surface area contributed by atoms with Gasteiger partial charge in [0.15, 0.2) is 0 Å². The zero-order valence-electron chi connectivity index (χ0n) is 10.3. The normalized spacial score (nSPS) is 15.2. The topological polar surface area (TPSA) is 34.2 Å². The summed E-state index contributed by atoms with van der Waals surface area (Å²) in [6.07, 6.45) is 1.01. The van der Waals surface area contributed by atoms with Crippen molar-refractivity contribution >= 4 is 11.3 Å². The molecule has 4 heteroatoms. The van der Waals surface area contributed by atoms with Crippen molar-refractivity contribution in [3.63, 3.8) is 0 Å². The summed E-state index contributed by atoms with van der Waals surface area (Å²) < 4.78 is 5.79. The summed E-state index contributed by atoms with van der Waals surface area (Å²) in [4.78, 5) is 4.44. The van der Waals surface area contributed by atoms with Crippen molar-refractivity contribution in [2.24, 2.45) is 0 Å². The Morgan fingerprint density at radius 2 is 2.44 bits per heavy atom. The van der Waals surface area contributed by atoms with Crippen LogP contribution in [0.25, 0.3) is 0 Å². The first-order valence-corrected chi connectivity index (χ1v) is 7.20. The van der Waals surface area contributed by atoms with Crippen LogP contribution in [0, 0.1) is 0 Å². The highest BCUT2D eigenvalue weighted by atomic mass is 32.1. The van der Waals surface area contributed by atoms with Gasteiger partial charge >= 0.3 is 0 Å². The molecule has 0 spiro atoms. The molecule has 3 rings (SSSR count). The maximum atomic E-state index is 5.79. The van der Waals surface area contributed by atoms with Gasteiger partial charge in [0, 0.05) is 17.4 Å². The van der Waals surface area contributed by atoms with E-state index < -0.39 is 0 Å². The number of hydrogen-bond acceptors (Lipinski definition) is 4. The summed E-state index contributed by atoms with van der Waals surface area (Å²) in [5.41, 5.74) is 5.47. The number of benzene rings is 1. The first-order valence-electron chi connectivity index (χ1n) is 6.26. The smallest absolute Gasteiger partial charge is 0.127 e. The van der Waals surface area contributed by atoms with Crippen LogP contribution < -0.4 is 10.1 Å². The second kappa shape index (κ2) is 5.08. The third-order valence-corrected chi connectivity index (χ3v) is 3.82. The van der Waals surface area contributed by atoms with Crippen LogP contribution >= 0.6 is 11.3 Å². The fraction of sp³-hybridized carbons (Fsp3) is 0.357. The highest BCUT2D eigenvalue weighted by Gasteiger charge is 2.23. The van der Waals surface area contributed by atoms with Crippen LogP contribution in [0.3, 0.4) is 0 Å². The van der Waals surface area contributed by atoms with Crippen LogP contribution in [0.4, 0.5) is 0 Å². The van der Waals surface area contributed by atoms with Gasteiger partial charge in [0.05, 0.1) is 23.9 Å². The lowest BCUT2D eigenvalue weighted by atomic mass is 10.00. The van der Waals surface area contributed by atoms with Crippen LogP contribution in [0.15, 0.2) is 29.1 Å². The van der Waals surface area contributed by atoms with Gasteiger partial charge in [-0.1, -0.05) is 25.1 Å². The highest BCUT2D eigenvalue weighted by molar-refractivity contribution is 7.07. The summed E-state index contributed by atoms with van der Waals surface area (Å²) in [6.45, 7) is 3.82. The third-order valence-electron chi connectivity index (χ3n) is 3.21. The lowest BCUT2D eigenvalue weighted by Crippen LogP contribution is -2.22. The molecule has 2 aromatic rings. The molecule has 2 heterocycles. The van der Waals surface area contributed by atoms with Gasteiger partial charge < -0.3 is 10.1 Å². The average Bonchev–Trinajstić information content (AvgIpc) is 3.06. The standard InChI is InChI=1S/C14H16N2OS/c1-2-15-13(12-8-18-9-16-12)11-5-3-4-10-6-7-17-14(10)11/h3-5,8-9,13,15H,2,6-7H2,1H3. The van der Waals surface area contributed by atoms with Gasteiger partial charge in [-0.15, -0.1) is 11.3 Å². The maximum Gasteiger partial charge on any atom is 0.127 e. The lowest BCUT2D eigenvalue weighted by Gasteiger charge is -2.18. The quantitative estimate of drug-likeness (QED) is 0.918. The van der Waals surface area contributed by atoms with E-state index in [4.69, 9.17) is 4.74 Å². The molecular weight excluding hydrogens is 244 g/mol. The molecule has 3 nitrogen and oxygen atoms in total. The molecule has 0 saturated heterocycles. The van der Waals surface area contributed by atoms with Crippen molar-refractivity contribution in [1.82, 2.24) is 10.3 Å². The van der Waals surface area contributed by atoms with E-state index in [9.17, 15) is 0 Å². The number of nitrogens with one attached hydrogen (secondary N) is 1. The Morgan fingerprint density at radius 1 is 1.50 bits per heavy atom. The van der Waals surface area contributed by atoms with Crippen LogP contribution in [0.1, 0.15) is 29.8 Å². The number of hydrogen-bond donors (Lipinski definition) is 1. The van der Waals surface area contributed by atoms with Gasteiger partial charge in [-0.25, -0.2) is 4.98 Å². The maximum absolute atomic E-state index is 5.79. The van der Waals surface area contributed by atoms with E-state index in [1.165, 1.54) is 11.1 Å². The van der Waals surface area contributed by atoms with Gasteiger partial charge in [0.1, 0.15) is 5.75 Å². The second-order valence-electron chi connectivity index (χ2n) is 4.34. The third kappa shape index (κ3) is 2.02. The van der Waals surface area contributed by atoms with E-state index in [0.717, 1.165) is 31.0 Å². The molecule has 1 aromatic heterocycles. The number of thiazole rings is 1. The SMILES string of the molecule is CCNC(c1cscn1)c1cccc2c1OCC2. The molecule has 1 aromatic carbocycles. The fourth-order valence-electron chi connectivity index (χ4n) is 2.41. The minimum absolute atomic E-state index is 0.134. The molecule has 94 valence electrons. The van der Waals surface area contributed by atoms with Crippen molar-refractivity contribution in [2.75, 3.05) is 13.2 Å². The van der Waals surface area contributed by atoms with Crippen molar-refractivity contribution in [3.8, 4) is 5.75 Å². The largest absolute Gasteiger partial charge is 0.493 e. The molecule has 0 bridgehead atoms. The van der Waals surface area contributed by atoms with E-state index >= 15 is 0 Å². The number of aromatic nitrogens is 1. The summed E-state index contributed by atoms with van der Waals surface area (Å²) >= 11 is 1.63. The fourth-order valence-corrected chi connectivity index (χ4v) is 2.99. The average molecular weight is 260 g/mol. The van der Waals surface area contributed by atoms with Crippen molar-refractivity contribution in [3.05, 3.63) is 45.9 Å². The molecule has 18 heavy (non-hydrogen) atoms. The summed E-state index contributed by atoms with van der Waals surface area (Å²) in [5, 5.41) is 5.59. The number of para-hydroxylation sites is 1. The van der Waals surface area contributed by atoms with Crippen LogP contribution in [0.5, 0.6) is 5.75 Å². The minimum Gasteiger partial charge on any atom is -0.493 e. The number of ether oxygens (including phenoxy) is 1. The molecule has 0 fully saturated rings. The Morgan fingerprint density at radius 3 is 3.22 bits per heavy atom. The molecule has 1 N–H and O–H groups in total. The zero-order valence-corrected chi connectivity index (χ0v) is 11.2. The van der Waals surface area contributed by atoms with Crippen LogP contribution in [0.2, 0.25) is 0 Å². The van der Waals surface area contributed by atoms with Gasteiger partial charge in [0.2, 0.25) is 0 Å². The number of rotatable bonds is 4. The predicted molar refractivity (Wildman–Crippen MR) is 73.3 cm³/mol. The molecule has 1 atom stereocenters. The van der Waals surface area contributed by atoms with Gasteiger partial charge in [0.25, 0.3) is 0 Å². The predicted octanol–water partition coefficient (Wildman–Crippen LogP) is 2.78. The molecule has 1 aliphatic rings. The Hall–Kier alpha value is -1.39. The summed E-state index contributed by atoms with van der Waals surface area (Å²) in [7, 11) is 0. The summed E-state index contributed by atoms with van der Waals surface area (Å²) in [5.74, 6) is 1.05. The highest BCUT2D eigenvalue weighted by Crippen LogP contribution is 2.35. The molecule has 0 radical (unpaired) electrons. The Kier molecular flexibility index (Phi) is 3.30. The van der Waals surface area contributed by atoms with E-state index in [2.05, 4.69) is 40.8 Å². The summed E-state index contributed by atoms with van der Waals surface area (Å²) in [6, 6.07) is 6.53. The minimum atomic E-state index is 0.134. The van der Waals surface area contributed by atoms with Gasteiger partial charge in [-0.05, 0) is 12.1 Å². The number of fused-ring (bicyclic) bond motifs is 1. The van der Waals surface area contributed by atoms with Crippen LogP contribution in [-0.4, -0.2) is 18.1 Å². The Balaban J connectivity index is 2.03. The van der Waals surface area contributed by atoms with Crippen molar-refractivity contribution in [1.29, 1.82) is 0 Å². The van der Waals surface area contributed by atoms with Crippen LogP contribution in [-0.2, 0) is 6.42 Å². The Bertz CT molecular complexity index is 525. The van der Waals surface area contributed by atoms with E-state index in [1.807, 2.05) is 5.51 Å². The molecule has 0 amide bonds. The van der Waals surface area contributed by atoms with Crippen molar-refractivity contribution < 1.29 is 4.74 Å². The molecule has 0 aliphatic carbocycles. The molecule has 0 saturated carbocycles. The number of nitrogens with zero attached hydrogens (tertiary/aromatic N) is 1. The van der Waals surface area contributed by atoms with Gasteiger partial charge in [-0.3, -0.25) is 0 Å². The first-order chi connectivity index (χ1) is 8.90. The zero-order chi connectivity index (χ0) is 12.4. The molecular formula is C14H16N2OS. The van der Waals surface area contributed by atoms with Crippen molar-refractivity contribution in [2.45, 2.75) is 19.4 Å². The molecule has 1 unspecified atom stereocenters. The first kappa shape index (κ1) is 11.7. The molecule has 1 aliphatic heterocycles. The van der Waals surface area contributed by atoms with E-state index in [0.29, 0.717) is 0 Å². The van der Waals surface area contributed by atoms with E-state index in [-0.39, 0.29) is 6.04 Å². The Labute approximate surface area is 111 Å². The monoisotopic (exact) mass is 260 g/mol. The van der Waals surface area contributed by atoms with Gasteiger partial charge in [-0.2, -0.15) is 0 Å². The van der Waals surface area contributed by atoms with E-state index in [1.54, 1.807) is 11.3 Å². The lowest BCUT2D eigenvalue weighted by molar-refractivity contribution is 0.350.